The summed E-state index contributed by atoms with van der Waals surface area (Å²) in [7, 11) is 0. The number of H-pyrrole nitrogens is 1. The van der Waals surface area contributed by atoms with Crippen molar-refractivity contribution in [2.45, 2.75) is 6.92 Å². The maximum atomic E-state index is 10.8. The second-order valence-corrected chi connectivity index (χ2v) is 3.17. The molecule has 0 radical (unpaired) electrons. The molecule has 0 aliphatic heterocycles. The van der Waals surface area contributed by atoms with E-state index in [0.29, 0.717) is 5.69 Å². The van der Waals surface area contributed by atoms with Gasteiger partial charge in [0, 0.05) is 9.77 Å². The Morgan fingerprint density at radius 1 is 1.70 bits per heavy atom. The minimum absolute atomic E-state index is 0.210. The Kier molecular flexibility index (Phi) is 1.98. The van der Waals surface area contributed by atoms with E-state index in [2.05, 4.69) is 27.6 Å². The molecule has 0 saturated carbocycles. The monoisotopic (exact) mass is 250 g/mol. The maximum absolute atomic E-state index is 10.8. The average molecular weight is 250 g/mol. The van der Waals surface area contributed by atoms with Crippen LogP contribution in [-0.2, 0) is 0 Å². The topological polar surface area (TPSA) is 58.9 Å². The molecule has 1 aromatic rings. The number of halogens is 1. The van der Waals surface area contributed by atoms with Crippen molar-refractivity contribution in [3.8, 4) is 0 Å². The normalized spacial score (nSPS) is 9.80. The first-order valence-corrected chi connectivity index (χ1v) is 3.84. The van der Waals surface area contributed by atoms with Crippen LogP contribution in [0.4, 0.5) is 5.69 Å². The van der Waals surface area contributed by atoms with Crippen molar-refractivity contribution in [3.05, 3.63) is 25.7 Å². The molecule has 4 heteroatoms. The van der Waals surface area contributed by atoms with Gasteiger partial charge in [-0.1, -0.05) is 0 Å². The smallest absolute Gasteiger partial charge is 0.271 e. The number of aromatic nitrogens is 1. The molecule has 0 aliphatic rings. The molecule has 3 N–H and O–H groups in total. The summed E-state index contributed by atoms with van der Waals surface area (Å²) in [5, 5.41) is 0. The lowest BCUT2D eigenvalue weighted by molar-refractivity contribution is 1.19. The van der Waals surface area contributed by atoms with Crippen molar-refractivity contribution in [1.29, 1.82) is 0 Å². The van der Waals surface area contributed by atoms with Crippen LogP contribution in [0.25, 0.3) is 0 Å². The number of rotatable bonds is 0. The highest BCUT2D eigenvalue weighted by molar-refractivity contribution is 14.1. The second-order valence-electron chi connectivity index (χ2n) is 2.00. The summed E-state index contributed by atoms with van der Waals surface area (Å²) in [6.07, 6.45) is 1.65. The predicted molar refractivity (Wildman–Crippen MR) is 48.9 cm³/mol. The van der Waals surface area contributed by atoms with E-state index in [4.69, 9.17) is 5.73 Å². The van der Waals surface area contributed by atoms with Crippen LogP contribution < -0.4 is 11.3 Å². The van der Waals surface area contributed by atoms with E-state index in [1.54, 1.807) is 6.20 Å². The third-order valence-electron chi connectivity index (χ3n) is 1.34. The SMILES string of the molecule is Cc1c(I)c[nH]c(=O)c1N. The molecule has 54 valence electrons. The fourth-order valence-electron chi connectivity index (χ4n) is 0.614. The summed E-state index contributed by atoms with van der Waals surface area (Å²) >= 11 is 2.12. The van der Waals surface area contributed by atoms with Gasteiger partial charge in [0.05, 0.1) is 0 Å². The van der Waals surface area contributed by atoms with Gasteiger partial charge >= 0.3 is 0 Å². The first kappa shape index (κ1) is 7.59. The van der Waals surface area contributed by atoms with Crippen molar-refractivity contribution in [2.24, 2.45) is 0 Å². The van der Waals surface area contributed by atoms with Gasteiger partial charge in [-0.2, -0.15) is 0 Å². The molecule has 0 saturated heterocycles. The third kappa shape index (κ3) is 1.16. The van der Waals surface area contributed by atoms with Crippen LogP contribution in [0, 0.1) is 10.5 Å². The first-order chi connectivity index (χ1) is 4.63. The molecule has 0 amide bonds. The van der Waals surface area contributed by atoms with Crippen LogP contribution in [0.5, 0.6) is 0 Å². The minimum Gasteiger partial charge on any atom is -0.394 e. The molecular weight excluding hydrogens is 243 g/mol. The van der Waals surface area contributed by atoms with Crippen molar-refractivity contribution >= 4 is 28.3 Å². The number of nitrogen functional groups attached to an aromatic ring is 1. The summed E-state index contributed by atoms with van der Waals surface area (Å²) in [4.78, 5) is 13.3. The van der Waals surface area contributed by atoms with Crippen molar-refractivity contribution < 1.29 is 0 Å². The van der Waals surface area contributed by atoms with Gasteiger partial charge in [0.2, 0.25) is 0 Å². The van der Waals surface area contributed by atoms with Crippen molar-refractivity contribution in [2.75, 3.05) is 5.73 Å². The highest BCUT2D eigenvalue weighted by Crippen LogP contribution is 2.11. The fourth-order valence-corrected chi connectivity index (χ4v) is 1.06. The Morgan fingerprint density at radius 3 is 2.80 bits per heavy atom. The number of hydrogen-bond acceptors (Lipinski definition) is 2. The molecule has 0 bridgehead atoms. The molecule has 0 spiro atoms. The van der Waals surface area contributed by atoms with Gasteiger partial charge in [0.25, 0.3) is 5.56 Å². The van der Waals surface area contributed by atoms with Crippen LogP contribution in [0.15, 0.2) is 11.0 Å². The van der Waals surface area contributed by atoms with Gasteiger partial charge in [-0.15, -0.1) is 0 Å². The van der Waals surface area contributed by atoms with E-state index in [1.165, 1.54) is 0 Å². The summed E-state index contributed by atoms with van der Waals surface area (Å²) in [6, 6.07) is 0. The third-order valence-corrected chi connectivity index (χ3v) is 2.46. The van der Waals surface area contributed by atoms with Gasteiger partial charge in [0.1, 0.15) is 5.69 Å². The number of aromatic amines is 1. The van der Waals surface area contributed by atoms with Crippen LogP contribution in [0.2, 0.25) is 0 Å². The zero-order valence-electron chi connectivity index (χ0n) is 5.44. The lowest BCUT2D eigenvalue weighted by Gasteiger charge is -1.98. The molecule has 10 heavy (non-hydrogen) atoms. The zero-order chi connectivity index (χ0) is 7.72. The number of pyridine rings is 1. The van der Waals surface area contributed by atoms with Crippen LogP contribution >= 0.6 is 22.6 Å². The Balaban J connectivity index is 3.49. The highest BCUT2D eigenvalue weighted by atomic mass is 127. The molecule has 0 aromatic carbocycles. The maximum Gasteiger partial charge on any atom is 0.271 e. The van der Waals surface area contributed by atoms with Gasteiger partial charge in [-0.25, -0.2) is 0 Å². The number of nitrogens with two attached hydrogens (primary N) is 1. The number of hydrogen-bond donors (Lipinski definition) is 2. The highest BCUT2D eigenvalue weighted by Gasteiger charge is 2.00. The minimum atomic E-state index is -0.210. The Labute approximate surface area is 71.8 Å². The Morgan fingerprint density at radius 2 is 2.30 bits per heavy atom. The van der Waals surface area contributed by atoms with Gasteiger partial charge in [-0.05, 0) is 35.1 Å². The van der Waals surface area contributed by atoms with Crippen LogP contribution in [-0.4, -0.2) is 4.98 Å². The molecule has 0 aliphatic carbocycles. The van der Waals surface area contributed by atoms with Crippen molar-refractivity contribution in [3.63, 3.8) is 0 Å². The van der Waals surface area contributed by atoms with E-state index in [9.17, 15) is 4.79 Å². The van der Waals surface area contributed by atoms with Crippen LogP contribution in [0.3, 0.4) is 0 Å². The molecule has 1 rings (SSSR count). The summed E-state index contributed by atoms with van der Waals surface area (Å²) in [5.74, 6) is 0. The molecule has 0 atom stereocenters. The zero-order valence-corrected chi connectivity index (χ0v) is 7.60. The standard InChI is InChI=1S/C6H7IN2O/c1-3-4(7)2-9-6(10)5(3)8/h2H,8H2,1H3,(H,9,10). The van der Waals surface area contributed by atoms with Gasteiger partial charge < -0.3 is 10.7 Å². The molecule has 0 unspecified atom stereocenters. The van der Waals surface area contributed by atoms with Crippen LogP contribution in [0.1, 0.15) is 5.56 Å². The lowest BCUT2D eigenvalue weighted by Crippen LogP contribution is -2.13. The second kappa shape index (κ2) is 2.61. The van der Waals surface area contributed by atoms with Gasteiger partial charge in [-0.3, -0.25) is 4.79 Å². The number of nitrogens with one attached hydrogen (secondary N) is 1. The van der Waals surface area contributed by atoms with E-state index in [0.717, 1.165) is 9.13 Å². The number of anilines is 1. The summed E-state index contributed by atoms with van der Waals surface area (Å²) < 4.78 is 0.981. The summed E-state index contributed by atoms with van der Waals surface area (Å²) in [5.41, 5.74) is 6.39. The molecule has 1 heterocycles. The Bertz CT molecular complexity index is 305. The first-order valence-electron chi connectivity index (χ1n) is 2.76. The largest absolute Gasteiger partial charge is 0.394 e. The molecule has 0 fully saturated rings. The lowest BCUT2D eigenvalue weighted by atomic mass is 10.3. The molecular formula is C6H7IN2O. The summed E-state index contributed by atoms with van der Waals surface area (Å²) in [6.45, 7) is 1.83. The quantitative estimate of drug-likeness (QED) is 0.671. The fraction of sp³-hybridized carbons (Fsp3) is 0.167. The molecule has 1 aromatic heterocycles. The van der Waals surface area contributed by atoms with Crippen molar-refractivity contribution in [1.82, 2.24) is 4.98 Å². The van der Waals surface area contributed by atoms with E-state index < -0.39 is 0 Å². The van der Waals surface area contributed by atoms with E-state index >= 15 is 0 Å². The van der Waals surface area contributed by atoms with E-state index in [1.807, 2.05) is 6.92 Å². The van der Waals surface area contributed by atoms with Gasteiger partial charge in [0.15, 0.2) is 0 Å². The Hall–Kier alpha value is -0.520. The molecule has 3 nitrogen and oxygen atoms in total. The average Bonchev–Trinajstić information content (AvgIpc) is 1.93. The predicted octanol–water partition coefficient (Wildman–Crippen LogP) is 0.870. The van der Waals surface area contributed by atoms with E-state index in [-0.39, 0.29) is 5.56 Å².